The number of benzene rings is 2. The van der Waals surface area contributed by atoms with Crippen molar-refractivity contribution in [2.75, 3.05) is 30.7 Å². The zero-order valence-electron chi connectivity index (χ0n) is 17.7. The average molecular weight is 439 g/mol. The highest BCUT2D eigenvalue weighted by atomic mass is 32.2. The Bertz CT molecular complexity index is 1110. The second-order valence-electron chi connectivity index (χ2n) is 8.71. The number of rotatable bonds is 6. The predicted molar refractivity (Wildman–Crippen MR) is 124 cm³/mol. The number of nitrogens with one attached hydrogen (secondary N) is 2. The van der Waals surface area contributed by atoms with Gasteiger partial charge in [0.2, 0.25) is 0 Å². The zero-order valence-corrected chi connectivity index (χ0v) is 18.5. The molecule has 31 heavy (non-hydrogen) atoms. The summed E-state index contributed by atoms with van der Waals surface area (Å²) in [5.74, 6) is 0.819. The van der Waals surface area contributed by atoms with Crippen LogP contribution in [-0.2, 0) is 16.4 Å². The normalized spacial score (nSPS) is 22.5. The van der Waals surface area contributed by atoms with Gasteiger partial charge in [-0.05, 0) is 67.1 Å². The molecule has 3 aliphatic rings. The average Bonchev–Trinajstić information content (AvgIpc) is 3.62. The number of fused-ring (bicyclic) bond motifs is 2. The minimum Gasteiger partial charge on any atom is -0.385 e. The van der Waals surface area contributed by atoms with E-state index < -0.39 is 9.84 Å². The van der Waals surface area contributed by atoms with Crippen LogP contribution in [0, 0.1) is 0 Å². The molecule has 5 rings (SSSR count). The Kier molecular flexibility index (Phi) is 5.50. The lowest BCUT2D eigenvalue weighted by Gasteiger charge is -2.35. The van der Waals surface area contributed by atoms with E-state index >= 15 is 0 Å². The third kappa shape index (κ3) is 4.22. The SMILES string of the molecule is NCCCNC1=C[C@@H](N2CCS(=O)(=O)c3ccccc3C2)Nc2ccc(C3CC3)cc21. The Labute approximate surface area is 184 Å². The topological polar surface area (TPSA) is 87.5 Å². The largest absolute Gasteiger partial charge is 0.385 e. The second kappa shape index (κ2) is 8.30. The monoisotopic (exact) mass is 438 g/mol. The maximum absolute atomic E-state index is 12.8. The molecular weight excluding hydrogens is 408 g/mol. The van der Waals surface area contributed by atoms with Crippen molar-refractivity contribution in [3.63, 3.8) is 0 Å². The van der Waals surface area contributed by atoms with Gasteiger partial charge in [0, 0.05) is 36.6 Å². The lowest BCUT2D eigenvalue weighted by atomic mass is 9.99. The first-order valence-corrected chi connectivity index (χ1v) is 12.8. The summed E-state index contributed by atoms with van der Waals surface area (Å²) in [6.07, 6.45) is 5.58. The molecule has 164 valence electrons. The molecule has 0 saturated heterocycles. The van der Waals surface area contributed by atoms with E-state index in [0.29, 0.717) is 30.4 Å². The molecule has 0 bridgehead atoms. The molecule has 1 saturated carbocycles. The van der Waals surface area contributed by atoms with Gasteiger partial charge < -0.3 is 16.4 Å². The molecule has 2 aromatic rings. The molecule has 6 nitrogen and oxygen atoms in total. The van der Waals surface area contributed by atoms with Crippen LogP contribution in [0.3, 0.4) is 0 Å². The van der Waals surface area contributed by atoms with Gasteiger partial charge in [-0.15, -0.1) is 0 Å². The van der Waals surface area contributed by atoms with Crippen LogP contribution in [0.1, 0.15) is 41.9 Å². The number of hydrogen-bond donors (Lipinski definition) is 3. The van der Waals surface area contributed by atoms with Gasteiger partial charge in [-0.25, -0.2) is 8.42 Å². The van der Waals surface area contributed by atoms with E-state index in [1.54, 1.807) is 12.1 Å². The summed E-state index contributed by atoms with van der Waals surface area (Å²) < 4.78 is 25.6. The minimum absolute atomic E-state index is 0.0824. The number of nitrogens with zero attached hydrogens (tertiary/aromatic N) is 1. The summed E-state index contributed by atoms with van der Waals surface area (Å²) in [6.45, 7) is 2.54. The van der Waals surface area contributed by atoms with Gasteiger partial charge >= 0.3 is 0 Å². The van der Waals surface area contributed by atoms with Crippen LogP contribution < -0.4 is 16.4 Å². The fraction of sp³-hybridized carbons (Fsp3) is 0.417. The van der Waals surface area contributed by atoms with Gasteiger partial charge in [0.1, 0.15) is 6.17 Å². The van der Waals surface area contributed by atoms with Crippen LogP contribution in [0.2, 0.25) is 0 Å². The van der Waals surface area contributed by atoms with Crippen molar-refractivity contribution in [3.05, 3.63) is 65.2 Å². The van der Waals surface area contributed by atoms with Crippen LogP contribution >= 0.6 is 0 Å². The van der Waals surface area contributed by atoms with Gasteiger partial charge in [0.15, 0.2) is 9.84 Å². The van der Waals surface area contributed by atoms with E-state index in [1.807, 2.05) is 12.1 Å². The first-order chi connectivity index (χ1) is 15.0. The predicted octanol–water partition coefficient (Wildman–Crippen LogP) is 2.88. The Hall–Kier alpha value is -2.35. The summed E-state index contributed by atoms with van der Waals surface area (Å²) in [5.41, 5.74) is 11.4. The lowest BCUT2D eigenvalue weighted by Crippen LogP contribution is -2.43. The van der Waals surface area contributed by atoms with Crippen molar-refractivity contribution in [1.29, 1.82) is 0 Å². The molecule has 0 aromatic heterocycles. The highest BCUT2D eigenvalue weighted by molar-refractivity contribution is 7.91. The van der Waals surface area contributed by atoms with Crippen molar-refractivity contribution in [2.45, 2.75) is 42.8 Å². The fourth-order valence-electron chi connectivity index (χ4n) is 4.53. The van der Waals surface area contributed by atoms with Crippen LogP contribution in [0.15, 0.2) is 53.4 Å². The van der Waals surface area contributed by atoms with E-state index in [9.17, 15) is 8.42 Å². The quantitative estimate of drug-likeness (QED) is 0.601. The Morgan fingerprint density at radius 3 is 2.81 bits per heavy atom. The summed E-state index contributed by atoms with van der Waals surface area (Å²) in [4.78, 5) is 2.68. The van der Waals surface area contributed by atoms with Crippen molar-refractivity contribution in [1.82, 2.24) is 10.2 Å². The summed E-state index contributed by atoms with van der Waals surface area (Å²) in [6, 6.07) is 14.1. The fourth-order valence-corrected chi connectivity index (χ4v) is 6.04. The zero-order chi connectivity index (χ0) is 21.4. The maximum Gasteiger partial charge on any atom is 0.179 e. The summed E-state index contributed by atoms with van der Waals surface area (Å²) in [7, 11) is -3.27. The molecular formula is C24H30N4O2S. The van der Waals surface area contributed by atoms with E-state index in [0.717, 1.165) is 29.9 Å². The smallest absolute Gasteiger partial charge is 0.179 e. The molecule has 2 aliphatic heterocycles. The molecule has 0 spiro atoms. The van der Waals surface area contributed by atoms with Gasteiger partial charge in [-0.3, -0.25) is 4.90 Å². The van der Waals surface area contributed by atoms with Crippen LogP contribution in [-0.4, -0.2) is 44.9 Å². The number of anilines is 1. The number of hydrogen-bond acceptors (Lipinski definition) is 6. The van der Waals surface area contributed by atoms with Crippen LogP contribution in [0.25, 0.3) is 5.70 Å². The van der Waals surface area contributed by atoms with E-state index in [2.05, 4.69) is 39.8 Å². The Morgan fingerprint density at radius 2 is 2.00 bits per heavy atom. The highest BCUT2D eigenvalue weighted by Crippen LogP contribution is 2.42. The standard InChI is InChI=1S/C24H30N4O2S/c25-10-3-11-26-22-15-24(27-21-9-8-18(14-20(21)22)17-6-7-17)28-12-13-31(29,30)23-5-2-1-4-19(23)16-28/h1-2,4-5,8-9,14-15,17,24,26-27H,3,6-7,10-13,16,25H2/t24-/m1/s1. The first kappa shape index (κ1) is 20.5. The van der Waals surface area contributed by atoms with E-state index in [-0.39, 0.29) is 11.9 Å². The molecule has 1 atom stereocenters. The van der Waals surface area contributed by atoms with Gasteiger partial charge in [0.25, 0.3) is 0 Å². The van der Waals surface area contributed by atoms with Gasteiger partial charge in [0.05, 0.1) is 10.6 Å². The van der Waals surface area contributed by atoms with Crippen molar-refractivity contribution in [3.8, 4) is 0 Å². The molecule has 7 heteroatoms. The number of sulfone groups is 1. The molecule has 0 radical (unpaired) electrons. The molecule has 4 N–H and O–H groups in total. The van der Waals surface area contributed by atoms with Crippen LogP contribution in [0.4, 0.5) is 5.69 Å². The molecule has 1 fully saturated rings. The molecule has 0 amide bonds. The van der Waals surface area contributed by atoms with Crippen molar-refractivity contribution < 1.29 is 8.42 Å². The van der Waals surface area contributed by atoms with E-state index in [1.165, 1.54) is 24.0 Å². The number of nitrogens with two attached hydrogens (primary N) is 1. The lowest BCUT2D eigenvalue weighted by molar-refractivity contribution is 0.252. The third-order valence-electron chi connectivity index (χ3n) is 6.43. The molecule has 1 aliphatic carbocycles. The highest BCUT2D eigenvalue weighted by Gasteiger charge is 2.31. The summed E-state index contributed by atoms with van der Waals surface area (Å²) >= 11 is 0. The minimum atomic E-state index is -3.27. The molecule has 2 aromatic carbocycles. The van der Waals surface area contributed by atoms with Gasteiger partial charge in [-0.1, -0.05) is 24.3 Å². The Balaban J connectivity index is 1.46. The Morgan fingerprint density at radius 1 is 1.16 bits per heavy atom. The van der Waals surface area contributed by atoms with Gasteiger partial charge in [-0.2, -0.15) is 0 Å². The second-order valence-corrected chi connectivity index (χ2v) is 10.8. The summed E-state index contributed by atoms with van der Waals surface area (Å²) in [5, 5.41) is 7.23. The molecule has 2 heterocycles. The molecule has 0 unspecified atom stereocenters. The first-order valence-electron chi connectivity index (χ1n) is 11.2. The van der Waals surface area contributed by atoms with E-state index in [4.69, 9.17) is 5.73 Å². The third-order valence-corrected chi connectivity index (χ3v) is 8.22. The maximum atomic E-state index is 12.8. The van der Waals surface area contributed by atoms with Crippen molar-refractivity contribution in [2.24, 2.45) is 5.73 Å². The van der Waals surface area contributed by atoms with Crippen molar-refractivity contribution >= 4 is 21.2 Å². The van der Waals surface area contributed by atoms with Crippen LogP contribution in [0.5, 0.6) is 0 Å².